The zero-order chi connectivity index (χ0) is 16.7. The Kier molecular flexibility index (Phi) is 3.47. The highest BCUT2D eigenvalue weighted by Crippen LogP contribution is 2.36. The molecule has 0 unspecified atom stereocenters. The molecule has 0 spiro atoms. The average Bonchev–Trinajstić information content (AvgIpc) is 3.20. The van der Waals surface area contributed by atoms with Gasteiger partial charge in [0.15, 0.2) is 5.13 Å². The quantitative estimate of drug-likeness (QED) is 0.792. The molecule has 2 heterocycles. The standard InChI is InChI=1S/C17H11FN4OS/c18-13-6-11(13)16(23)22-17-21-14-2-1-9(5-15(14)24-17)12-8-20-4-3-10(12)7-19/h1-5,8,11,13H,6H2,(H,21,22,23)/t11-,13+/m1/s1. The van der Waals surface area contributed by atoms with E-state index in [1.807, 2.05) is 18.2 Å². The minimum atomic E-state index is -1.03. The molecule has 7 heteroatoms. The monoisotopic (exact) mass is 338 g/mol. The summed E-state index contributed by atoms with van der Waals surface area (Å²) in [5.41, 5.74) is 2.90. The molecule has 1 aromatic carbocycles. The Balaban J connectivity index is 1.66. The molecule has 4 rings (SSSR count). The van der Waals surface area contributed by atoms with Gasteiger partial charge in [0.2, 0.25) is 5.91 Å². The van der Waals surface area contributed by atoms with Crippen LogP contribution in [0.25, 0.3) is 21.3 Å². The van der Waals surface area contributed by atoms with Crippen molar-refractivity contribution in [3.63, 3.8) is 0 Å². The van der Waals surface area contributed by atoms with Crippen LogP contribution >= 0.6 is 11.3 Å². The fraction of sp³-hybridized carbons (Fsp3) is 0.176. The summed E-state index contributed by atoms with van der Waals surface area (Å²) in [6.45, 7) is 0. The second-order valence-electron chi connectivity index (χ2n) is 5.58. The molecule has 1 saturated carbocycles. The summed E-state index contributed by atoms with van der Waals surface area (Å²) in [5.74, 6) is -0.859. The van der Waals surface area contributed by atoms with Gasteiger partial charge in [0.25, 0.3) is 0 Å². The van der Waals surface area contributed by atoms with E-state index in [4.69, 9.17) is 0 Å². The third-order valence-electron chi connectivity index (χ3n) is 3.92. The van der Waals surface area contributed by atoms with Gasteiger partial charge in [-0.3, -0.25) is 9.78 Å². The molecule has 1 fully saturated rings. The van der Waals surface area contributed by atoms with E-state index in [0.717, 1.165) is 21.3 Å². The zero-order valence-corrected chi connectivity index (χ0v) is 13.2. The molecule has 3 aromatic rings. The normalized spacial score (nSPS) is 19.0. The summed E-state index contributed by atoms with van der Waals surface area (Å²) in [6, 6.07) is 9.43. The Morgan fingerprint density at radius 1 is 1.42 bits per heavy atom. The van der Waals surface area contributed by atoms with Crippen LogP contribution in [0.1, 0.15) is 12.0 Å². The molecule has 0 radical (unpaired) electrons. The lowest BCUT2D eigenvalue weighted by atomic mass is 10.0. The number of halogens is 1. The predicted molar refractivity (Wildman–Crippen MR) is 89.2 cm³/mol. The van der Waals surface area contributed by atoms with E-state index in [9.17, 15) is 14.4 Å². The van der Waals surface area contributed by atoms with Crippen molar-refractivity contribution in [1.82, 2.24) is 9.97 Å². The summed E-state index contributed by atoms with van der Waals surface area (Å²) in [7, 11) is 0. The molecular weight excluding hydrogens is 327 g/mol. The zero-order valence-electron chi connectivity index (χ0n) is 12.4. The van der Waals surface area contributed by atoms with Crippen LogP contribution in [-0.4, -0.2) is 22.0 Å². The van der Waals surface area contributed by atoms with E-state index >= 15 is 0 Å². The number of hydrogen-bond donors (Lipinski definition) is 1. The third kappa shape index (κ3) is 2.61. The Labute approximate surface area is 140 Å². The van der Waals surface area contributed by atoms with Crippen LogP contribution < -0.4 is 5.32 Å². The van der Waals surface area contributed by atoms with Crippen LogP contribution in [-0.2, 0) is 4.79 Å². The molecule has 5 nitrogen and oxygen atoms in total. The second kappa shape index (κ2) is 5.65. The molecule has 2 aromatic heterocycles. The van der Waals surface area contributed by atoms with Gasteiger partial charge in [0, 0.05) is 18.0 Å². The van der Waals surface area contributed by atoms with Gasteiger partial charge < -0.3 is 5.32 Å². The van der Waals surface area contributed by atoms with E-state index in [-0.39, 0.29) is 5.91 Å². The number of hydrogen-bond acceptors (Lipinski definition) is 5. The SMILES string of the molecule is N#Cc1ccncc1-c1ccc2nc(NC(=O)[C@@H]3C[C@@H]3F)sc2c1. The predicted octanol–water partition coefficient (Wildman–Crippen LogP) is 3.53. The first-order chi connectivity index (χ1) is 11.7. The summed E-state index contributed by atoms with van der Waals surface area (Å²) in [4.78, 5) is 20.2. The van der Waals surface area contributed by atoms with Crippen molar-refractivity contribution < 1.29 is 9.18 Å². The highest BCUT2D eigenvalue weighted by atomic mass is 32.1. The van der Waals surface area contributed by atoms with Crippen molar-refractivity contribution in [3.8, 4) is 17.2 Å². The smallest absolute Gasteiger partial charge is 0.232 e. The molecule has 24 heavy (non-hydrogen) atoms. The van der Waals surface area contributed by atoms with Gasteiger partial charge in [-0.25, -0.2) is 9.37 Å². The van der Waals surface area contributed by atoms with Crippen LogP contribution in [0.5, 0.6) is 0 Å². The first-order valence-corrected chi connectivity index (χ1v) is 8.17. The van der Waals surface area contributed by atoms with Gasteiger partial charge in [-0.15, -0.1) is 0 Å². The van der Waals surface area contributed by atoms with E-state index in [0.29, 0.717) is 17.1 Å². The molecule has 1 aliphatic carbocycles. The summed E-state index contributed by atoms with van der Waals surface area (Å²) in [5, 5.41) is 12.3. The largest absolute Gasteiger partial charge is 0.302 e. The number of fused-ring (bicyclic) bond motifs is 1. The number of rotatable bonds is 3. The van der Waals surface area contributed by atoms with Crippen molar-refractivity contribution in [2.24, 2.45) is 5.92 Å². The maximum atomic E-state index is 12.9. The number of alkyl halides is 1. The number of nitrogens with one attached hydrogen (secondary N) is 1. The molecule has 118 valence electrons. The van der Waals surface area contributed by atoms with Gasteiger partial charge in [-0.05, 0) is 30.2 Å². The molecule has 1 aliphatic rings. The minimum absolute atomic E-state index is 0.290. The summed E-state index contributed by atoms with van der Waals surface area (Å²) in [6.07, 6.45) is 2.49. The number of thiazole rings is 1. The van der Waals surface area contributed by atoms with E-state index in [2.05, 4.69) is 21.4 Å². The summed E-state index contributed by atoms with van der Waals surface area (Å²) < 4.78 is 13.8. The van der Waals surface area contributed by atoms with Crippen LogP contribution in [0, 0.1) is 17.2 Å². The van der Waals surface area contributed by atoms with Crippen LogP contribution in [0.2, 0.25) is 0 Å². The molecule has 2 atom stereocenters. The molecular formula is C17H11FN4OS. The van der Waals surface area contributed by atoms with Gasteiger partial charge in [0.05, 0.1) is 27.8 Å². The Morgan fingerprint density at radius 2 is 2.25 bits per heavy atom. The maximum Gasteiger partial charge on any atom is 0.232 e. The number of carbonyl (C=O) groups excluding carboxylic acids is 1. The van der Waals surface area contributed by atoms with Crippen LogP contribution in [0.4, 0.5) is 9.52 Å². The number of anilines is 1. The Bertz CT molecular complexity index is 994. The fourth-order valence-electron chi connectivity index (χ4n) is 2.50. The van der Waals surface area contributed by atoms with Crippen molar-refractivity contribution >= 4 is 32.6 Å². The van der Waals surface area contributed by atoms with Crippen molar-refractivity contribution in [1.29, 1.82) is 5.26 Å². The van der Waals surface area contributed by atoms with Crippen LogP contribution in [0.3, 0.4) is 0 Å². The van der Waals surface area contributed by atoms with Gasteiger partial charge in [-0.1, -0.05) is 17.4 Å². The lowest BCUT2D eigenvalue weighted by Crippen LogP contribution is -2.14. The number of nitrogens with zero attached hydrogens (tertiary/aromatic N) is 3. The lowest BCUT2D eigenvalue weighted by Gasteiger charge is -2.02. The first-order valence-electron chi connectivity index (χ1n) is 7.36. The van der Waals surface area contributed by atoms with Crippen molar-refractivity contribution in [2.45, 2.75) is 12.6 Å². The topological polar surface area (TPSA) is 78.7 Å². The van der Waals surface area contributed by atoms with E-state index in [1.165, 1.54) is 11.3 Å². The van der Waals surface area contributed by atoms with Crippen molar-refractivity contribution in [2.75, 3.05) is 5.32 Å². The third-order valence-corrected chi connectivity index (χ3v) is 4.85. The highest BCUT2D eigenvalue weighted by Gasteiger charge is 2.43. The first kappa shape index (κ1) is 14.7. The van der Waals surface area contributed by atoms with E-state index in [1.54, 1.807) is 18.5 Å². The maximum absolute atomic E-state index is 12.9. The minimum Gasteiger partial charge on any atom is -0.302 e. The van der Waals surface area contributed by atoms with Crippen molar-refractivity contribution in [3.05, 3.63) is 42.2 Å². The molecule has 1 N–H and O–H groups in total. The van der Waals surface area contributed by atoms with E-state index < -0.39 is 12.1 Å². The number of pyridine rings is 1. The average molecular weight is 338 g/mol. The molecule has 0 aliphatic heterocycles. The Morgan fingerprint density at radius 3 is 3.00 bits per heavy atom. The Hall–Kier alpha value is -2.85. The molecule has 1 amide bonds. The summed E-state index contributed by atoms with van der Waals surface area (Å²) >= 11 is 1.33. The fourth-order valence-corrected chi connectivity index (χ4v) is 3.41. The van der Waals surface area contributed by atoms with Gasteiger partial charge in [-0.2, -0.15) is 5.26 Å². The number of benzene rings is 1. The lowest BCUT2D eigenvalue weighted by molar-refractivity contribution is -0.117. The highest BCUT2D eigenvalue weighted by molar-refractivity contribution is 7.22. The number of carbonyl (C=O) groups is 1. The van der Waals surface area contributed by atoms with Gasteiger partial charge in [0.1, 0.15) is 6.17 Å². The molecule has 0 bridgehead atoms. The molecule has 0 saturated heterocycles. The van der Waals surface area contributed by atoms with Gasteiger partial charge >= 0.3 is 0 Å². The number of amides is 1. The number of nitriles is 1. The van der Waals surface area contributed by atoms with Crippen LogP contribution in [0.15, 0.2) is 36.7 Å². The number of aromatic nitrogens is 2. The second-order valence-corrected chi connectivity index (χ2v) is 6.61.